The molecular formula is C20H16F2N2O4. The van der Waals surface area contributed by atoms with Crippen molar-refractivity contribution in [2.24, 2.45) is 17.6 Å². The molecule has 3 N–H and O–H groups in total. The molecule has 0 spiro atoms. The maximum absolute atomic E-state index is 13.9. The molecular weight excluding hydrogens is 370 g/mol. The molecule has 0 aliphatic heterocycles. The van der Waals surface area contributed by atoms with Crippen molar-refractivity contribution in [3.05, 3.63) is 63.7 Å². The van der Waals surface area contributed by atoms with Crippen LogP contribution in [0, 0.1) is 11.8 Å². The Balaban J connectivity index is 1.68. The van der Waals surface area contributed by atoms with E-state index in [1.807, 2.05) is 0 Å². The third-order valence-electron chi connectivity index (χ3n) is 5.01. The van der Waals surface area contributed by atoms with Crippen LogP contribution in [0.4, 0.5) is 14.5 Å². The van der Waals surface area contributed by atoms with E-state index in [2.05, 4.69) is 5.32 Å². The molecule has 8 heteroatoms. The first-order valence-electron chi connectivity index (χ1n) is 8.64. The Hall–Kier alpha value is -3.29. The first kappa shape index (κ1) is 18.1. The van der Waals surface area contributed by atoms with Gasteiger partial charge in [-0.25, -0.2) is 13.6 Å². The molecule has 2 aromatic rings. The fourth-order valence-corrected chi connectivity index (χ4v) is 3.50. The van der Waals surface area contributed by atoms with Gasteiger partial charge in [0.05, 0.1) is 0 Å². The number of hydrogen-bond donors (Lipinski definition) is 2. The Morgan fingerprint density at radius 1 is 1.21 bits per heavy atom. The summed E-state index contributed by atoms with van der Waals surface area (Å²) in [5.41, 5.74) is 5.39. The van der Waals surface area contributed by atoms with Crippen LogP contribution in [-0.2, 0) is 15.5 Å². The highest BCUT2D eigenvalue weighted by atomic mass is 19.3. The van der Waals surface area contributed by atoms with Crippen molar-refractivity contribution >= 4 is 28.3 Å². The number of anilines is 1. The van der Waals surface area contributed by atoms with Gasteiger partial charge >= 0.3 is 5.63 Å². The number of alkyl halides is 2. The SMILES string of the molecule is CC(F)(F)c1cc(=O)oc2ccc(NC(=O)C(N)=C3C=CC(=O)C4CC34)cc12. The lowest BCUT2D eigenvalue weighted by Crippen LogP contribution is -2.23. The average molecular weight is 386 g/mol. The third kappa shape index (κ3) is 3.11. The van der Waals surface area contributed by atoms with E-state index in [-0.39, 0.29) is 40.0 Å². The van der Waals surface area contributed by atoms with E-state index in [0.29, 0.717) is 18.9 Å². The van der Waals surface area contributed by atoms with E-state index in [0.717, 1.165) is 6.07 Å². The molecule has 1 amide bonds. The second kappa shape index (κ2) is 6.12. The molecule has 1 fully saturated rings. The van der Waals surface area contributed by atoms with Crippen LogP contribution in [0.5, 0.6) is 0 Å². The summed E-state index contributed by atoms with van der Waals surface area (Å²) in [6.45, 7) is 0.678. The van der Waals surface area contributed by atoms with Gasteiger partial charge in [-0.2, -0.15) is 0 Å². The van der Waals surface area contributed by atoms with E-state index >= 15 is 0 Å². The quantitative estimate of drug-likeness (QED) is 0.624. The van der Waals surface area contributed by atoms with Crippen molar-refractivity contribution in [2.45, 2.75) is 19.3 Å². The van der Waals surface area contributed by atoms with E-state index in [1.54, 1.807) is 6.08 Å². The number of nitrogens with one attached hydrogen (secondary N) is 1. The van der Waals surface area contributed by atoms with Crippen LogP contribution in [0.15, 0.2) is 56.9 Å². The molecule has 4 rings (SSSR count). The highest BCUT2D eigenvalue weighted by Crippen LogP contribution is 2.48. The summed E-state index contributed by atoms with van der Waals surface area (Å²) in [6, 6.07) is 4.81. The molecule has 144 valence electrons. The van der Waals surface area contributed by atoms with Crippen LogP contribution < -0.4 is 16.7 Å². The molecule has 0 saturated heterocycles. The van der Waals surface area contributed by atoms with Gasteiger partial charge in [0.1, 0.15) is 11.3 Å². The summed E-state index contributed by atoms with van der Waals surface area (Å²) in [7, 11) is 0. The highest BCUT2D eigenvalue weighted by Gasteiger charge is 2.47. The normalized spacial score (nSPS) is 22.8. The minimum atomic E-state index is -3.27. The molecule has 2 aliphatic rings. The van der Waals surface area contributed by atoms with E-state index in [4.69, 9.17) is 10.2 Å². The largest absolute Gasteiger partial charge is 0.423 e. The molecule has 6 nitrogen and oxygen atoms in total. The Morgan fingerprint density at radius 2 is 1.96 bits per heavy atom. The monoisotopic (exact) mass is 386 g/mol. The number of hydrogen-bond acceptors (Lipinski definition) is 5. The van der Waals surface area contributed by atoms with Crippen LogP contribution in [-0.4, -0.2) is 11.7 Å². The van der Waals surface area contributed by atoms with Gasteiger partial charge in [-0.05, 0) is 42.2 Å². The smallest absolute Gasteiger partial charge is 0.336 e. The van der Waals surface area contributed by atoms with E-state index < -0.39 is 23.0 Å². The summed E-state index contributed by atoms with van der Waals surface area (Å²) in [5.74, 6) is -3.98. The van der Waals surface area contributed by atoms with Gasteiger partial charge in [-0.3, -0.25) is 9.59 Å². The van der Waals surface area contributed by atoms with Crippen molar-refractivity contribution in [1.82, 2.24) is 0 Å². The number of benzene rings is 1. The van der Waals surface area contributed by atoms with E-state index in [9.17, 15) is 23.2 Å². The number of ketones is 1. The topological polar surface area (TPSA) is 102 Å². The Kier molecular flexibility index (Phi) is 3.95. The number of nitrogens with two attached hydrogens (primary N) is 1. The summed E-state index contributed by atoms with van der Waals surface area (Å²) >= 11 is 0. The lowest BCUT2D eigenvalue weighted by molar-refractivity contribution is -0.116. The molecule has 1 aromatic carbocycles. The zero-order chi connectivity index (χ0) is 20.2. The maximum atomic E-state index is 13.9. The fraction of sp³-hybridized carbons (Fsp3) is 0.250. The van der Waals surface area contributed by atoms with Crippen LogP contribution >= 0.6 is 0 Å². The lowest BCUT2D eigenvalue weighted by atomic mass is 9.99. The molecule has 1 saturated carbocycles. The van der Waals surface area contributed by atoms with Crippen LogP contribution in [0.2, 0.25) is 0 Å². The summed E-state index contributed by atoms with van der Waals surface area (Å²) < 4.78 is 32.7. The van der Waals surface area contributed by atoms with Crippen molar-refractivity contribution in [3.63, 3.8) is 0 Å². The minimum absolute atomic E-state index is 0.0112. The Labute approximate surface area is 157 Å². The van der Waals surface area contributed by atoms with Crippen molar-refractivity contribution in [3.8, 4) is 0 Å². The van der Waals surface area contributed by atoms with Crippen LogP contribution in [0.1, 0.15) is 18.9 Å². The minimum Gasteiger partial charge on any atom is -0.423 e. The molecule has 0 radical (unpaired) electrons. The highest BCUT2D eigenvalue weighted by molar-refractivity contribution is 6.06. The summed E-state index contributed by atoms with van der Waals surface area (Å²) in [6.07, 6.45) is 3.63. The van der Waals surface area contributed by atoms with Gasteiger partial charge in [-0.1, -0.05) is 6.08 Å². The summed E-state index contributed by atoms with van der Waals surface area (Å²) in [4.78, 5) is 35.6. The Morgan fingerprint density at radius 3 is 2.68 bits per heavy atom. The molecule has 1 heterocycles. The first-order chi connectivity index (χ1) is 13.1. The molecule has 0 bridgehead atoms. The number of allylic oxidation sites excluding steroid dienone is 3. The van der Waals surface area contributed by atoms with Gasteiger partial charge < -0.3 is 15.5 Å². The number of amides is 1. The average Bonchev–Trinajstić information content (AvgIpc) is 3.42. The fourth-order valence-electron chi connectivity index (χ4n) is 3.50. The number of fused-ring (bicyclic) bond motifs is 2. The van der Waals surface area contributed by atoms with Gasteiger partial charge in [0.2, 0.25) is 0 Å². The van der Waals surface area contributed by atoms with E-state index in [1.165, 1.54) is 24.3 Å². The van der Waals surface area contributed by atoms with Crippen LogP contribution in [0.3, 0.4) is 0 Å². The molecule has 2 unspecified atom stereocenters. The van der Waals surface area contributed by atoms with Gasteiger partial charge in [0, 0.05) is 35.5 Å². The zero-order valence-corrected chi connectivity index (χ0v) is 14.8. The van der Waals surface area contributed by atoms with Crippen molar-refractivity contribution in [1.29, 1.82) is 0 Å². The van der Waals surface area contributed by atoms with Crippen molar-refractivity contribution < 1.29 is 22.8 Å². The number of carbonyl (C=O) groups is 2. The molecule has 1 aromatic heterocycles. The molecule has 2 aliphatic carbocycles. The first-order valence-corrected chi connectivity index (χ1v) is 8.64. The van der Waals surface area contributed by atoms with Gasteiger partial charge in [0.15, 0.2) is 5.78 Å². The zero-order valence-electron chi connectivity index (χ0n) is 14.8. The van der Waals surface area contributed by atoms with Crippen molar-refractivity contribution in [2.75, 3.05) is 5.32 Å². The van der Waals surface area contributed by atoms with Gasteiger partial charge in [-0.15, -0.1) is 0 Å². The second-order valence-corrected chi connectivity index (χ2v) is 7.09. The predicted molar refractivity (Wildman–Crippen MR) is 97.6 cm³/mol. The number of halogens is 2. The third-order valence-corrected chi connectivity index (χ3v) is 5.01. The summed E-state index contributed by atoms with van der Waals surface area (Å²) in [5, 5.41) is 2.58. The van der Waals surface area contributed by atoms with Crippen LogP contribution in [0.25, 0.3) is 11.0 Å². The molecule has 28 heavy (non-hydrogen) atoms. The molecule has 2 atom stereocenters. The standard InChI is InChI=1S/C20H16F2N2O4/c1-20(21,22)14-8-17(26)28-16-5-2-9(6-13(14)16)24-19(27)18(23)10-3-4-15(25)12-7-11(10)12/h2-6,8,11-12H,7,23H2,1H3,(H,24,27). The maximum Gasteiger partial charge on any atom is 0.336 e. The number of carbonyl (C=O) groups excluding carboxylic acids is 2. The number of rotatable bonds is 3. The lowest BCUT2D eigenvalue weighted by Gasteiger charge is -2.14. The predicted octanol–water partition coefficient (Wildman–Crippen LogP) is 2.83. The second-order valence-electron chi connectivity index (χ2n) is 7.09. The Bertz CT molecular complexity index is 1140. The van der Waals surface area contributed by atoms with Gasteiger partial charge in [0.25, 0.3) is 11.8 Å².